The van der Waals surface area contributed by atoms with Crippen LogP contribution in [0.15, 0.2) is 24.3 Å². The predicted octanol–water partition coefficient (Wildman–Crippen LogP) is 1.23. The molecule has 1 fully saturated rings. The Morgan fingerprint density at radius 1 is 1.38 bits per heavy atom. The highest BCUT2D eigenvalue weighted by Gasteiger charge is 2.30. The maximum absolute atomic E-state index is 11.7. The minimum atomic E-state index is 0.0745. The number of nitrogens with zero attached hydrogens (tertiary/aromatic N) is 1. The molecular formula is C12H14N2O2. The molecule has 0 aliphatic carbocycles. The normalized spacial score (nSPS) is 24.1. The molecule has 1 unspecified atom stereocenters. The fourth-order valence-electron chi connectivity index (χ4n) is 2.39. The van der Waals surface area contributed by atoms with Gasteiger partial charge in [0.05, 0.1) is 30.6 Å². The van der Waals surface area contributed by atoms with E-state index >= 15 is 0 Å². The Hall–Kier alpha value is -1.55. The van der Waals surface area contributed by atoms with E-state index in [0.717, 1.165) is 24.5 Å². The fourth-order valence-corrected chi connectivity index (χ4v) is 2.39. The van der Waals surface area contributed by atoms with Gasteiger partial charge in [0, 0.05) is 13.0 Å². The average Bonchev–Trinajstić information content (AvgIpc) is 2.44. The first-order chi connectivity index (χ1) is 7.84. The summed E-state index contributed by atoms with van der Waals surface area (Å²) in [6, 6.07) is 8.13. The van der Waals surface area contributed by atoms with Crippen LogP contribution in [0, 0.1) is 0 Å². The summed E-state index contributed by atoms with van der Waals surface area (Å²) in [5.74, 6) is 0.0745. The van der Waals surface area contributed by atoms with Gasteiger partial charge in [-0.1, -0.05) is 12.1 Å². The highest BCUT2D eigenvalue weighted by atomic mass is 16.5. The number of amides is 1. The van der Waals surface area contributed by atoms with E-state index in [2.05, 4.69) is 16.3 Å². The van der Waals surface area contributed by atoms with E-state index < -0.39 is 0 Å². The van der Waals surface area contributed by atoms with Gasteiger partial charge < -0.3 is 15.0 Å². The Kier molecular flexibility index (Phi) is 2.29. The minimum absolute atomic E-state index is 0.0745. The maximum atomic E-state index is 11.7. The lowest BCUT2D eigenvalue weighted by molar-refractivity contribution is -0.116. The number of carbonyl (C=O) groups is 1. The lowest BCUT2D eigenvalue weighted by Crippen LogP contribution is -2.45. The van der Waals surface area contributed by atoms with Gasteiger partial charge >= 0.3 is 0 Å². The molecule has 0 spiro atoms. The van der Waals surface area contributed by atoms with E-state index in [1.165, 1.54) is 0 Å². The number of rotatable bonds is 0. The van der Waals surface area contributed by atoms with Crippen LogP contribution in [0.3, 0.4) is 0 Å². The monoisotopic (exact) mass is 218 g/mol. The first-order valence-corrected chi connectivity index (χ1v) is 5.58. The van der Waals surface area contributed by atoms with Crippen molar-refractivity contribution in [3.8, 4) is 0 Å². The van der Waals surface area contributed by atoms with Gasteiger partial charge in [-0.15, -0.1) is 0 Å². The van der Waals surface area contributed by atoms with Crippen molar-refractivity contribution in [2.24, 2.45) is 0 Å². The van der Waals surface area contributed by atoms with Gasteiger partial charge in [-0.3, -0.25) is 4.79 Å². The van der Waals surface area contributed by atoms with E-state index in [0.29, 0.717) is 13.0 Å². The largest absolute Gasteiger partial charge is 0.377 e. The van der Waals surface area contributed by atoms with Gasteiger partial charge in [0.2, 0.25) is 5.91 Å². The standard InChI is InChI=1S/C12H14N2O2/c15-12-7-9-8-16-6-5-14(9)11-4-2-1-3-10(11)13-12/h1-4,9H,5-8H2,(H,13,15). The van der Waals surface area contributed by atoms with E-state index in [-0.39, 0.29) is 11.9 Å². The van der Waals surface area contributed by atoms with E-state index in [4.69, 9.17) is 4.74 Å². The van der Waals surface area contributed by atoms with Gasteiger partial charge in [0.1, 0.15) is 0 Å². The van der Waals surface area contributed by atoms with Crippen LogP contribution >= 0.6 is 0 Å². The molecule has 1 aromatic carbocycles. The molecule has 4 nitrogen and oxygen atoms in total. The third-order valence-corrected chi connectivity index (χ3v) is 3.14. The van der Waals surface area contributed by atoms with Crippen molar-refractivity contribution < 1.29 is 9.53 Å². The molecule has 4 heteroatoms. The Bertz CT molecular complexity index is 419. The van der Waals surface area contributed by atoms with Crippen LogP contribution in [0.25, 0.3) is 0 Å². The molecule has 1 aromatic rings. The highest BCUT2D eigenvalue weighted by Crippen LogP contribution is 2.32. The SMILES string of the molecule is O=C1CC2COCCN2c2ccccc2N1. The number of ether oxygens (including phenoxy) is 1. The maximum Gasteiger partial charge on any atom is 0.226 e. The molecule has 1 amide bonds. The van der Waals surface area contributed by atoms with Crippen molar-refractivity contribution in [3.63, 3.8) is 0 Å². The van der Waals surface area contributed by atoms with Crippen molar-refractivity contribution in [1.29, 1.82) is 0 Å². The third kappa shape index (κ3) is 1.55. The van der Waals surface area contributed by atoms with E-state index in [9.17, 15) is 4.79 Å². The molecule has 0 aromatic heterocycles. The summed E-state index contributed by atoms with van der Waals surface area (Å²) < 4.78 is 5.44. The van der Waals surface area contributed by atoms with Crippen molar-refractivity contribution in [1.82, 2.24) is 0 Å². The number of fused-ring (bicyclic) bond motifs is 3. The van der Waals surface area contributed by atoms with E-state index in [1.807, 2.05) is 18.2 Å². The molecule has 0 radical (unpaired) electrons. The lowest BCUT2D eigenvalue weighted by atomic mass is 10.1. The first kappa shape index (κ1) is 9.66. The van der Waals surface area contributed by atoms with Crippen LogP contribution in [0.1, 0.15) is 6.42 Å². The number of para-hydroxylation sites is 2. The van der Waals surface area contributed by atoms with Gasteiger partial charge in [0.25, 0.3) is 0 Å². The summed E-state index contributed by atoms with van der Waals surface area (Å²) in [7, 11) is 0. The van der Waals surface area contributed by atoms with Crippen LogP contribution < -0.4 is 10.2 Å². The number of anilines is 2. The summed E-state index contributed by atoms with van der Waals surface area (Å²) in [5, 5.41) is 2.94. The van der Waals surface area contributed by atoms with Crippen molar-refractivity contribution >= 4 is 17.3 Å². The number of nitrogens with one attached hydrogen (secondary N) is 1. The molecule has 2 aliphatic heterocycles. The first-order valence-electron chi connectivity index (χ1n) is 5.58. The quantitative estimate of drug-likeness (QED) is 0.712. The molecule has 1 atom stereocenters. The molecular weight excluding hydrogens is 204 g/mol. The van der Waals surface area contributed by atoms with Crippen LogP contribution in [-0.4, -0.2) is 31.7 Å². The molecule has 84 valence electrons. The van der Waals surface area contributed by atoms with E-state index in [1.54, 1.807) is 0 Å². The summed E-state index contributed by atoms with van der Waals surface area (Å²) in [4.78, 5) is 14.0. The van der Waals surface area contributed by atoms with Crippen molar-refractivity contribution in [3.05, 3.63) is 24.3 Å². The lowest BCUT2D eigenvalue weighted by Gasteiger charge is -2.35. The molecule has 1 saturated heterocycles. The van der Waals surface area contributed by atoms with Gasteiger partial charge in [-0.2, -0.15) is 0 Å². The number of morpholine rings is 1. The zero-order chi connectivity index (χ0) is 11.0. The highest BCUT2D eigenvalue weighted by molar-refractivity contribution is 5.96. The molecule has 0 saturated carbocycles. The summed E-state index contributed by atoms with van der Waals surface area (Å²) in [5.41, 5.74) is 2.03. The average molecular weight is 218 g/mol. The third-order valence-electron chi connectivity index (χ3n) is 3.14. The van der Waals surface area contributed by atoms with Crippen LogP contribution in [0.4, 0.5) is 11.4 Å². The molecule has 1 N–H and O–H groups in total. The minimum Gasteiger partial charge on any atom is -0.377 e. The summed E-state index contributed by atoms with van der Waals surface area (Å²) in [6.45, 7) is 2.23. The molecule has 3 rings (SSSR count). The molecule has 0 bridgehead atoms. The van der Waals surface area contributed by atoms with Gasteiger partial charge in [-0.05, 0) is 12.1 Å². The van der Waals surface area contributed by atoms with Crippen molar-refractivity contribution in [2.75, 3.05) is 30.0 Å². The number of hydrogen-bond acceptors (Lipinski definition) is 3. The second-order valence-electron chi connectivity index (χ2n) is 4.19. The smallest absolute Gasteiger partial charge is 0.226 e. The van der Waals surface area contributed by atoms with Crippen molar-refractivity contribution in [2.45, 2.75) is 12.5 Å². The van der Waals surface area contributed by atoms with Crippen LogP contribution in [0.2, 0.25) is 0 Å². The summed E-state index contributed by atoms with van der Waals surface area (Å²) in [6.07, 6.45) is 0.509. The zero-order valence-corrected chi connectivity index (χ0v) is 8.98. The Labute approximate surface area is 94.2 Å². The second kappa shape index (κ2) is 3.79. The summed E-state index contributed by atoms with van der Waals surface area (Å²) >= 11 is 0. The molecule has 2 aliphatic rings. The predicted molar refractivity (Wildman–Crippen MR) is 61.6 cm³/mol. The molecule has 16 heavy (non-hydrogen) atoms. The van der Waals surface area contributed by atoms with Crippen LogP contribution in [0.5, 0.6) is 0 Å². The number of hydrogen-bond donors (Lipinski definition) is 1. The Balaban J connectivity index is 2.04. The zero-order valence-electron chi connectivity index (χ0n) is 8.98. The number of carbonyl (C=O) groups excluding carboxylic acids is 1. The molecule has 2 heterocycles. The number of benzene rings is 1. The fraction of sp³-hybridized carbons (Fsp3) is 0.417. The van der Waals surface area contributed by atoms with Crippen LogP contribution in [-0.2, 0) is 9.53 Å². The Morgan fingerprint density at radius 3 is 3.19 bits per heavy atom. The van der Waals surface area contributed by atoms with Gasteiger partial charge in [0.15, 0.2) is 0 Å². The topological polar surface area (TPSA) is 41.6 Å². The second-order valence-corrected chi connectivity index (χ2v) is 4.19. The Morgan fingerprint density at radius 2 is 2.25 bits per heavy atom. The van der Waals surface area contributed by atoms with Gasteiger partial charge in [-0.25, -0.2) is 0 Å².